The minimum atomic E-state index is -1.18. The third-order valence-corrected chi connectivity index (χ3v) is 4.02. The monoisotopic (exact) mass is 272 g/mol. The number of aryl methyl sites for hydroxylation is 1. The summed E-state index contributed by atoms with van der Waals surface area (Å²) in [5, 5.41) is 11.7. The van der Waals surface area contributed by atoms with Crippen molar-refractivity contribution >= 4 is 11.0 Å². The quantitative estimate of drug-likeness (QED) is 0.734. The Balaban J connectivity index is 1.91. The van der Waals surface area contributed by atoms with Crippen LogP contribution < -0.4 is 0 Å². The Morgan fingerprint density at radius 2 is 2.10 bits per heavy atom. The highest BCUT2D eigenvalue weighted by Gasteiger charge is 2.40. The van der Waals surface area contributed by atoms with Gasteiger partial charge in [0.1, 0.15) is 22.9 Å². The topological polar surface area (TPSA) is 46.5 Å². The van der Waals surface area contributed by atoms with Crippen molar-refractivity contribution in [3.8, 4) is 0 Å². The van der Waals surface area contributed by atoms with E-state index in [9.17, 15) is 9.50 Å². The maximum atomic E-state index is 13.3. The standard InChI is InChI=1S/C16H13FO3/c17-11-3-4-13-10(8-11)9-15(20-13)16(18)6-1-2-14-12(16)5-7-19-14/h3-5,7-9,18H,1-2,6H2. The van der Waals surface area contributed by atoms with E-state index in [2.05, 4.69) is 0 Å². The largest absolute Gasteiger partial charge is 0.469 e. The third-order valence-electron chi connectivity index (χ3n) is 4.02. The van der Waals surface area contributed by atoms with Gasteiger partial charge in [-0.15, -0.1) is 0 Å². The summed E-state index contributed by atoms with van der Waals surface area (Å²) in [4.78, 5) is 0. The molecule has 1 unspecified atom stereocenters. The van der Waals surface area contributed by atoms with Gasteiger partial charge in [-0.25, -0.2) is 4.39 Å². The zero-order valence-corrected chi connectivity index (χ0v) is 10.7. The van der Waals surface area contributed by atoms with Crippen molar-refractivity contribution in [3.63, 3.8) is 0 Å². The van der Waals surface area contributed by atoms with Gasteiger partial charge >= 0.3 is 0 Å². The van der Waals surface area contributed by atoms with E-state index < -0.39 is 5.60 Å². The highest BCUT2D eigenvalue weighted by atomic mass is 19.1. The van der Waals surface area contributed by atoms with E-state index >= 15 is 0 Å². The van der Waals surface area contributed by atoms with Crippen molar-refractivity contribution in [2.75, 3.05) is 0 Å². The van der Waals surface area contributed by atoms with Crippen LogP contribution in [0, 0.1) is 5.82 Å². The van der Waals surface area contributed by atoms with Gasteiger partial charge in [0, 0.05) is 17.4 Å². The molecule has 3 aromatic rings. The molecule has 1 aromatic carbocycles. The summed E-state index contributed by atoms with van der Waals surface area (Å²) in [5.74, 6) is 0.926. The molecule has 2 aromatic heterocycles. The molecule has 102 valence electrons. The molecule has 0 spiro atoms. The van der Waals surface area contributed by atoms with Gasteiger partial charge in [0.2, 0.25) is 0 Å². The number of halogens is 1. The summed E-state index contributed by atoms with van der Waals surface area (Å²) in [6.45, 7) is 0. The summed E-state index contributed by atoms with van der Waals surface area (Å²) >= 11 is 0. The number of furan rings is 2. The Morgan fingerprint density at radius 3 is 3.00 bits per heavy atom. The molecule has 4 rings (SSSR count). The van der Waals surface area contributed by atoms with Gasteiger partial charge in [-0.1, -0.05) is 0 Å². The van der Waals surface area contributed by atoms with E-state index in [4.69, 9.17) is 8.83 Å². The first kappa shape index (κ1) is 11.7. The van der Waals surface area contributed by atoms with Crippen LogP contribution in [0.2, 0.25) is 0 Å². The fourth-order valence-electron chi connectivity index (χ4n) is 3.02. The lowest BCUT2D eigenvalue weighted by molar-refractivity contribution is 0.0383. The molecule has 0 fully saturated rings. The minimum absolute atomic E-state index is 0.315. The number of rotatable bonds is 1. The van der Waals surface area contributed by atoms with Gasteiger partial charge < -0.3 is 13.9 Å². The highest BCUT2D eigenvalue weighted by molar-refractivity contribution is 5.78. The second kappa shape index (κ2) is 3.96. The predicted molar refractivity (Wildman–Crippen MR) is 70.8 cm³/mol. The molecule has 0 saturated heterocycles. The lowest BCUT2D eigenvalue weighted by Gasteiger charge is -2.29. The molecule has 3 nitrogen and oxygen atoms in total. The molecule has 1 atom stereocenters. The third kappa shape index (κ3) is 1.55. The van der Waals surface area contributed by atoms with Gasteiger partial charge in [0.05, 0.1) is 6.26 Å². The predicted octanol–water partition coefficient (Wildman–Crippen LogP) is 3.74. The highest BCUT2D eigenvalue weighted by Crippen LogP contribution is 2.42. The van der Waals surface area contributed by atoms with Crippen molar-refractivity contribution in [1.82, 2.24) is 0 Å². The van der Waals surface area contributed by atoms with E-state index in [1.165, 1.54) is 12.1 Å². The number of aliphatic hydroxyl groups is 1. The van der Waals surface area contributed by atoms with E-state index in [1.807, 2.05) is 0 Å². The Labute approximate surface area is 114 Å². The van der Waals surface area contributed by atoms with Crippen molar-refractivity contribution in [3.05, 3.63) is 59.5 Å². The smallest absolute Gasteiger partial charge is 0.150 e. The number of benzene rings is 1. The van der Waals surface area contributed by atoms with E-state index in [0.717, 1.165) is 24.2 Å². The van der Waals surface area contributed by atoms with Gasteiger partial charge in [-0.2, -0.15) is 0 Å². The fourth-order valence-corrected chi connectivity index (χ4v) is 3.02. The first-order valence-electron chi connectivity index (χ1n) is 6.66. The van der Waals surface area contributed by atoms with Crippen molar-refractivity contribution in [2.45, 2.75) is 24.9 Å². The maximum absolute atomic E-state index is 13.3. The Kier molecular flexibility index (Phi) is 2.32. The van der Waals surface area contributed by atoms with Crippen LogP contribution in [-0.4, -0.2) is 5.11 Å². The summed E-state index contributed by atoms with van der Waals surface area (Å²) < 4.78 is 24.4. The Morgan fingerprint density at radius 1 is 1.20 bits per heavy atom. The molecule has 20 heavy (non-hydrogen) atoms. The first-order valence-corrected chi connectivity index (χ1v) is 6.66. The first-order chi connectivity index (χ1) is 9.67. The van der Waals surface area contributed by atoms with Crippen LogP contribution in [0.5, 0.6) is 0 Å². The molecule has 0 aliphatic heterocycles. The second-order valence-electron chi connectivity index (χ2n) is 5.26. The summed E-state index contributed by atoms with van der Waals surface area (Å²) in [7, 11) is 0. The molecule has 2 heterocycles. The van der Waals surface area contributed by atoms with Crippen LogP contribution in [-0.2, 0) is 12.0 Å². The van der Waals surface area contributed by atoms with Gasteiger partial charge in [-0.3, -0.25) is 0 Å². The molecular formula is C16H13FO3. The molecular weight excluding hydrogens is 259 g/mol. The van der Waals surface area contributed by atoms with Crippen LogP contribution in [0.25, 0.3) is 11.0 Å². The van der Waals surface area contributed by atoms with Gasteiger partial charge in [-0.05, 0) is 43.2 Å². The van der Waals surface area contributed by atoms with Gasteiger partial charge in [0.15, 0.2) is 5.60 Å². The van der Waals surface area contributed by atoms with Crippen LogP contribution in [0.1, 0.15) is 29.9 Å². The Hall–Kier alpha value is -2.07. The lowest BCUT2D eigenvalue weighted by atomic mass is 9.81. The molecule has 0 radical (unpaired) electrons. The lowest BCUT2D eigenvalue weighted by Crippen LogP contribution is -2.30. The number of fused-ring (bicyclic) bond motifs is 2. The molecule has 0 amide bonds. The second-order valence-corrected chi connectivity index (χ2v) is 5.26. The molecule has 0 saturated carbocycles. The molecule has 1 N–H and O–H groups in total. The van der Waals surface area contributed by atoms with Crippen LogP contribution in [0.3, 0.4) is 0 Å². The molecule has 1 aliphatic rings. The normalized spacial score (nSPS) is 22.1. The average molecular weight is 272 g/mol. The molecule has 4 heteroatoms. The minimum Gasteiger partial charge on any atom is -0.469 e. The number of hydrogen-bond donors (Lipinski definition) is 1. The van der Waals surface area contributed by atoms with Crippen LogP contribution in [0.4, 0.5) is 4.39 Å². The zero-order valence-electron chi connectivity index (χ0n) is 10.7. The van der Waals surface area contributed by atoms with Crippen molar-refractivity contribution in [2.24, 2.45) is 0 Å². The van der Waals surface area contributed by atoms with E-state index in [1.54, 1.807) is 24.5 Å². The molecule has 1 aliphatic carbocycles. The summed E-state index contributed by atoms with van der Waals surface area (Å²) in [6, 6.07) is 7.83. The average Bonchev–Trinajstić information content (AvgIpc) is 3.04. The summed E-state index contributed by atoms with van der Waals surface area (Å²) in [5.41, 5.74) is 0.143. The number of hydrogen-bond acceptors (Lipinski definition) is 3. The van der Waals surface area contributed by atoms with E-state index in [-0.39, 0.29) is 5.82 Å². The molecule has 0 bridgehead atoms. The van der Waals surface area contributed by atoms with E-state index in [0.29, 0.717) is 23.2 Å². The Bertz CT molecular complexity index is 786. The SMILES string of the molecule is OC1(c2cc3cc(F)ccc3o2)CCCc2occc21. The van der Waals surface area contributed by atoms with Crippen LogP contribution in [0.15, 0.2) is 45.4 Å². The maximum Gasteiger partial charge on any atom is 0.150 e. The van der Waals surface area contributed by atoms with Crippen LogP contribution >= 0.6 is 0 Å². The fraction of sp³-hybridized carbons (Fsp3) is 0.250. The van der Waals surface area contributed by atoms with Crippen molar-refractivity contribution < 1.29 is 18.3 Å². The van der Waals surface area contributed by atoms with Crippen molar-refractivity contribution in [1.29, 1.82) is 0 Å². The van der Waals surface area contributed by atoms with Gasteiger partial charge in [0.25, 0.3) is 0 Å². The zero-order chi connectivity index (χ0) is 13.7. The summed E-state index contributed by atoms with van der Waals surface area (Å²) in [6.07, 6.45) is 3.80.